The Balaban J connectivity index is 1.48. The van der Waals surface area contributed by atoms with Crippen LogP contribution in [0.5, 0.6) is 11.5 Å². The topological polar surface area (TPSA) is 47.6 Å². The fourth-order valence-electron chi connectivity index (χ4n) is 2.26. The van der Waals surface area contributed by atoms with Crippen molar-refractivity contribution in [2.45, 2.75) is 6.42 Å². The van der Waals surface area contributed by atoms with Crippen LogP contribution in [0.2, 0.25) is 10.0 Å². The Labute approximate surface area is 176 Å². The third-order valence-corrected chi connectivity index (χ3v) is 5.23. The molecular formula is C19H15Cl2NO3S2. The predicted molar refractivity (Wildman–Crippen MR) is 115 cm³/mol. The van der Waals surface area contributed by atoms with E-state index in [1.165, 1.54) is 11.8 Å². The Morgan fingerprint density at radius 3 is 2.48 bits per heavy atom. The number of benzene rings is 2. The van der Waals surface area contributed by atoms with Gasteiger partial charge < -0.3 is 14.8 Å². The molecule has 2 aromatic carbocycles. The molecule has 4 nitrogen and oxygen atoms in total. The van der Waals surface area contributed by atoms with Crippen molar-refractivity contribution in [1.82, 2.24) is 5.32 Å². The Kier molecular flexibility index (Phi) is 7.01. The summed E-state index contributed by atoms with van der Waals surface area (Å²) >= 11 is 18.3. The highest BCUT2D eigenvalue weighted by molar-refractivity contribution is 8.26. The van der Waals surface area contributed by atoms with Crippen molar-refractivity contribution in [2.24, 2.45) is 0 Å². The lowest BCUT2D eigenvalue weighted by Gasteiger charge is -2.10. The molecule has 1 heterocycles. The van der Waals surface area contributed by atoms with Crippen LogP contribution in [0.15, 0.2) is 47.4 Å². The first-order chi connectivity index (χ1) is 13.0. The minimum absolute atomic E-state index is 0.192. The van der Waals surface area contributed by atoms with Gasteiger partial charge in [0.05, 0.1) is 23.1 Å². The number of halogens is 2. The zero-order chi connectivity index (χ0) is 19.2. The van der Waals surface area contributed by atoms with Gasteiger partial charge in [-0.05, 0) is 48.0 Å². The zero-order valence-electron chi connectivity index (χ0n) is 14.0. The quantitative estimate of drug-likeness (QED) is 0.358. The van der Waals surface area contributed by atoms with E-state index >= 15 is 0 Å². The molecule has 1 N–H and O–H groups in total. The van der Waals surface area contributed by atoms with Crippen molar-refractivity contribution in [3.63, 3.8) is 0 Å². The van der Waals surface area contributed by atoms with Gasteiger partial charge in [-0.1, -0.05) is 53.2 Å². The van der Waals surface area contributed by atoms with Gasteiger partial charge in [0.25, 0.3) is 5.91 Å². The second-order valence-electron chi connectivity index (χ2n) is 5.55. The standard InChI is InChI=1S/C19H15Cl2NO3S2/c20-13-3-5-14(6-4-13)24-8-1-9-25-16-7-2-12(10-15(16)21)11-17-18(23)22-19(26)27-17/h2-7,10-11H,1,8-9H2,(H,22,23,26). The van der Waals surface area contributed by atoms with Crippen LogP contribution in [0.25, 0.3) is 6.08 Å². The van der Waals surface area contributed by atoms with E-state index in [0.29, 0.717) is 44.7 Å². The van der Waals surface area contributed by atoms with Gasteiger partial charge in [-0.15, -0.1) is 0 Å². The lowest BCUT2D eigenvalue weighted by atomic mass is 10.2. The number of amides is 1. The van der Waals surface area contributed by atoms with Crippen molar-refractivity contribution in [2.75, 3.05) is 13.2 Å². The summed E-state index contributed by atoms with van der Waals surface area (Å²) in [6.07, 6.45) is 2.45. The largest absolute Gasteiger partial charge is 0.493 e. The average molecular weight is 440 g/mol. The molecule has 27 heavy (non-hydrogen) atoms. The molecule has 2 aromatic rings. The summed E-state index contributed by atoms with van der Waals surface area (Å²) in [7, 11) is 0. The maximum absolute atomic E-state index is 11.7. The first-order valence-corrected chi connectivity index (χ1v) is 10.0. The summed E-state index contributed by atoms with van der Waals surface area (Å²) < 4.78 is 11.8. The van der Waals surface area contributed by atoms with E-state index in [0.717, 1.165) is 11.3 Å². The van der Waals surface area contributed by atoms with E-state index in [9.17, 15) is 4.79 Å². The summed E-state index contributed by atoms with van der Waals surface area (Å²) in [6.45, 7) is 0.996. The Morgan fingerprint density at radius 2 is 1.81 bits per heavy atom. The number of ether oxygens (including phenoxy) is 2. The second kappa shape index (κ2) is 9.46. The van der Waals surface area contributed by atoms with Crippen molar-refractivity contribution in [1.29, 1.82) is 0 Å². The van der Waals surface area contributed by atoms with Crippen LogP contribution in [-0.4, -0.2) is 23.4 Å². The van der Waals surface area contributed by atoms with Crippen molar-refractivity contribution < 1.29 is 14.3 Å². The number of hydrogen-bond acceptors (Lipinski definition) is 5. The number of nitrogens with one attached hydrogen (secondary N) is 1. The Bertz CT molecular complexity index is 885. The van der Waals surface area contributed by atoms with Gasteiger partial charge in [0, 0.05) is 11.4 Å². The molecule has 0 bridgehead atoms. The first kappa shape index (κ1) is 20.0. The highest BCUT2D eigenvalue weighted by atomic mass is 35.5. The number of thioether (sulfide) groups is 1. The molecule has 1 amide bonds. The molecule has 140 valence electrons. The van der Waals surface area contributed by atoms with Gasteiger partial charge in [-0.25, -0.2) is 0 Å². The van der Waals surface area contributed by atoms with E-state index < -0.39 is 0 Å². The predicted octanol–water partition coefficient (Wildman–Crippen LogP) is 5.33. The van der Waals surface area contributed by atoms with Crippen LogP contribution in [0, 0.1) is 0 Å². The summed E-state index contributed by atoms with van der Waals surface area (Å²) in [5, 5.41) is 3.73. The van der Waals surface area contributed by atoms with Gasteiger partial charge in [-0.3, -0.25) is 4.79 Å². The monoisotopic (exact) mass is 439 g/mol. The van der Waals surface area contributed by atoms with Crippen LogP contribution in [0.4, 0.5) is 0 Å². The first-order valence-electron chi connectivity index (χ1n) is 8.07. The van der Waals surface area contributed by atoms with E-state index in [1.807, 2.05) is 18.2 Å². The number of carbonyl (C=O) groups excluding carboxylic acids is 1. The highest BCUT2D eigenvalue weighted by Gasteiger charge is 2.21. The molecule has 0 aliphatic carbocycles. The van der Waals surface area contributed by atoms with Crippen LogP contribution >= 0.6 is 47.2 Å². The number of hydrogen-bond donors (Lipinski definition) is 1. The van der Waals surface area contributed by atoms with Crippen molar-refractivity contribution in [3.8, 4) is 11.5 Å². The summed E-state index contributed by atoms with van der Waals surface area (Å²) in [5.41, 5.74) is 0.806. The maximum atomic E-state index is 11.7. The van der Waals surface area contributed by atoms with E-state index in [1.54, 1.807) is 30.3 Å². The molecule has 1 saturated heterocycles. The third kappa shape index (κ3) is 5.87. The second-order valence-corrected chi connectivity index (χ2v) is 8.11. The smallest absolute Gasteiger partial charge is 0.263 e. The molecule has 1 aliphatic heterocycles. The van der Waals surface area contributed by atoms with E-state index in [-0.39, 0.29) is 5.91 Å². The lowest BCUT2D eigenvalue weighted by molar-refractivity contribution is -0.115. The van der Waals surface area contributed by atoms with E-state index in [2.05, 4.69) is 5.32 Å². The van der Waals surface area contributed by atoms with Gasteiger partial charge in [0.15, 0.2) is 0 Å². The summed E-state index contributed by atoms with van der Waals surface area (Å²) in [6, 6.07) is 12.6. The van der Waals surface area contributed by atoms with Gasteiger partial charge in [0.2, 0.25) is 0 Å². The van der Waals surface area contributed by atoms with Gasteiger partial charge in [0.1, 0.15) is 15.8 Å². The highest BCUT2D eigenvalue weighted by Crippen LogP contribution is 2.30. The third-order valence-electron chi connectivity index (χ3n) is 3.52. The summed E-state index contributed by atoms with van der Waals surface area (Å²) in [4.78, 5) is 12.2. The Morgan fingerprint density at radius 1 is 1.07 bits per heavy atom. The maximum Gasteiger partial charge on any atom is 0.263 e. The molecule has 1 aliphatic rings. The zero-order valence-corrected chi connectivity index (χ0v) is 17.2. The molecular weight excluding hydrogens is 425 g/mol. The van der Waals surface area contributed by atoms with Crippen molar-refractivity contribution in [3.05, 3.63) is 63.0 Å². The lowest BCUT2D eigenvalue weighted by Crippen LogP contribution is -2.17. The molecule has 0 saturated carbocycles. The van der Waals surface area contributed by atoms with Crippen LogP contribution in [0.1, 0.15) is 12.0 Å². The Hall–Kier alpha value is -1.73. The number of carbonyl (C=O) groups is 1. The van der Waals surface area contributed by atoms with Crippen molar-refractivity contribution >= 4 is 63.5 Å². The fraction of sp³-hybridized carbons (Fsp3) is 0.158. The summed E-state index contributed by atoms with van der Waals surface area (Å²) in [5.74, 6) is 1.16. The minimum Gasteiger partial charge on any atom is -0.493 e. The molecule has 0 radical (unpaired) electrons. The minimum atomic E-state index is -0.192. The molecule has 0 unspecified atom stereocenters. The number of rotatable bonds is 7. The van der Waals surface area contributed by atoms with Gasteiger partial charge in [-0.2, -0.15) is 0 Å². The van der Waals surface area contributed by atoms with E-state index in [4.69, 9.17) is 44.9 Å². The molecule has 8 heteroatoms. The van der Waals surface area contributed by atoms with Gasteiger partial charge >= 0.3 is 0 Å². The molecule has 0 atom stereocenters. The molecule has 0 spiro atoms. The average Bonchev–Trinajstić information content (AvgIpc) is 2.95. The molecule has 0 aromatic heterocycles. The normalized spacial score (nSPS) is 15.1. The molecule has 1 fully saturated rings. The SMILES string of the molecule is O=C1NC(=S)SC1=Cc1ccc(OCCCOc2ccc(Cl)cc2)c(Cl)c1. The number of thiocarbonyl (C=S) groups is 1. The van der Waals surface area contributed by atoms with Crippen LogP contribution in [-0.2, 0) is 4.79 Å². The molecule has 3 rings (SSSR count). The van der Waals surface area contributed by atoms with Crippen LogP contribution < -0.4 is 14.8 Å². The fourth-order valence-corrected chi connectivity index (χ4v) is 3.67. The van der Waals surface area contributed by atoms with Crippen LogP contribution in [0.3, 0.4) is 0 Å².